The molecule has 0 radical (unpaired) electrons. The first-order valence-electron chi connectivity index (χ1n) is 10.6. The van der Waals surface area contributed by atoms with Gasteiger partial charge in [-0.3, -0.25) is 4.79 Å². The first-order chi connectivity index (χ1) is 15.8. The van der Waals surface area contributed by atoms with Crippen LogP contribution in [-0.2, 0) is 27.1 Å². The number of hydrogen-bond acceptors (Lipinski definition) is 6. The summed E-state index contributed by atoms with van der Waals surface area (Å²) in [5.74, 6) is 0.442. The van der Waals surface area contributed by atoms with E-state index in [1.54, 1.807) is 12.1 Å². The zero-order valence-electron chi connectivity index (χ0n) is 19.0. The molecule has 0 atom stereocenters. The van der Waals surface area contributed by atoms with Gasteiger partial charge in [-0.25, -0.2) is 17.1 Å². The smallest absolute Gasteiger partial charge is 0.223 e. The minimum Gasteiger partial charge on any atom is -0.493 e. The molecule has 1 fully saturated rings. The van der Waals surface area contributed by atoms with Crippen molar-refractivity contribution in [3.63, 3.8) is 0 Å². The molecule has 1 saturated heterocycles. The number of halogens is 1. The minimum atomic E-state index is -3.54. The van der Waals surface area contributed by atoms with Gasteiger partial charge in [0.05, 0.1) is 27.1 Å². The van der Waals surface area contributed by atoms with E-state index in [4.69, 9.17) is 14.2 Å². The van der Waals surface area contributed by atoms with Gasteiger partial charge in [-0.15, -0.1) is 0 Å². The van der Waals surface area contributed by atoms with E-state index < -0.39 is 15.8 Å². The number of rotatable bonds is 9. The second kappa shape index (κ2) is 10.8. The molecule has 0 unspecified atom stereocenters. The van der Waals surface area contributed by atoms with Gasteiger partial charge in [0, 0.05) is 31.1 Å². The summed E-state index contributed by atoms with van der Waals surface area (Å²) in [6.45, 7) is 0.772. The number of amides is 1. The zero-order chi connectivity index (χ0) is 24.0. The van der Waals surface area contributed by atoms with Crippen LogP contribution in [0.4, 0.5) is 4.39 Å². The summed E-state index contributed by atoms with van der Waals surface area (Å²) in [5.41, 5.74) is 1.27. The summed E-state index contributed by atoms with van der Waals surface area (Å²) in [4.78, 5) is 12.7. The average Bonchev–Trinajstić information content (AvgIpc) is 2.83. The van der Waals surface area contributed by atoms with E-state index in [2.05, 4.69) is 5.32 Å². The number of ether oxygens (including phenoxy) is 3. The van der Waals surface area contributed by atoms with Crippen molar-refractivity contribution < 1.29 is 31.8 Å². The molecule has 1 aliphatic rings. The fourth-order valence-electron chi connectivity index (χ4n) is 3.91. The normalized spacial score (nSPS) is 15.2. The number of sulfonamides is 1. The summed E-state index contributed by atoms with van der Waals surface area (Å²) in [6, 6.07) is 8.97. The van der Waals surface area contributed by atoms with Gasteiger partial charge >= 0.3 is 0 Å². The van der Waals surface area contributed by atoms with Crippen LogP contribution in [0.5, 0.6) is 17.2 Å². The Balaban J connectivity index is 1.56. The van der Waals surface area contributed by atoms with E-state index in [9.17, 15) is 17.6 Å². The van der Waals surface area contributed by atoms with Gasteiger partial charge in [-0.05, 0) is 42.7 Å². The van der Waals surface area contributed by atoms with Crippen molar-refractivity contribution in [2.75, 3.05) is 34.4 Å². The number of hydrogen-bond donors (Lipinski definition) is 1. The molecule has 180 valence electrons. The van der Waals surface area contributed by atoms with Crippen LogP contribution in [0.3, 0.4) is 0 Å². The van der Waals surface area contributed by atoms with Crippen LogP contribution in [0, 0.1) is 11.7 Å². The Labute approximate surface area is 193 Å². The van der Waals surface area contributed by atoms with E-state index in [0.717, 1.165) is 5.56 Å². The lowest BCUT2D eigenvalue weighted by Crippen LogP contribution is -2.43. The number of nitrogens with one attached hydrogen (secondary N) is 1. The maximum absolute atomic E-state index is 13.1. The Morgan fingerprint density at radius 3 is 2.21 bits per heavy atom. The second-order valence-corrected chi connectivity index (χ2v) is 9.74. The topological polar surface area (TPSA) is 94.2 Å². The molecule has 0 aliphatic carbocycles. The van der Waals surface area contributed by atoms with Gasteiger partial charge in [0.15, 0.2) is 11.5 Å². The molecule has 0 spiro atoms. The molecule has 0 bridgehead atoms. The summed E-state index contributed by atoms with van der Waals surface area (Å²) >= 11 is 0. The van der Waals surface area contributed by atoms with Crippen LogP contribution in [0.15, 0.2) is 36.4 Å². The van der Waals surface area contributed by atoms with Gasteiger partial charge in [-0.2, -0.15) is 0 Å². The Kier molecular flexibility index (Phi) is 8.15. The SMILES string of the molecule is COc1ccc(CNC(=O)C2CCN(S(=O)(=O)Cc3ccc(F)cc3)CC2)c(OC)c1OC. The van der Waals surface area contributed by atoms with Crippen molar-refractivity contribution in [3.05, 3.63) is 53.3 Å². The number of nitrogens with zero attached hydrogens (tertiary/aromatic N) is 1. The molecule has 1 N–H and O–H groups in total. The molecule has 2 aromatic rings. The van der Waals surface area contributed by atoms with Crippen LogP contribution < -0.4 is 19.5 Å². The summed E-state index contributed by atoms with van der Waals surface area (Å²) in [5, 5.41) is 2.91. The molecule has 8 nitrogen and oxygen atoms in total. The van der Waals surface area contributed by atoms with E-state index in [1.807, 2.05) is 0 Å². The molecule has 10 heteroatoms. The minimum absolute atomic E-state index is 0.137. The highest BCUT2D eigenvalue weighted by Gasteiger charge is 2.31. The van der Waals surface area contributed by atoms with Crippen LogP contribution in [0.2, 0.25) is 0 Å². The Morgan fingerprint density at radius 2 is 1.64 bits per heavy atom. The zero-order valence-corrected chi connectivity index (χ0v) is 19.8. The number of benzene rings is 2. The number of piperidine rings is 1. The molecular formula is C23H29FN2O6S. The van der Waals surface area contributed by atoms with Crippen molar-refractivity contribution in [1.82, 2.24) is 9.62 Å². The highest BCUT2D eigenvalue weighted by molar-refractivity contribution is 7.88. The van der Waals surface area contributed by atoms with E-state index in [0.29, 0.717) is 35.7 Å². The molecule has 33 heavy (non-hydrogen) atoms. The molecule has 2 aromatic carbocycles. The molecule has 0 aromatic heterocycles. The molecule has 3 rings (SSSR count). The molecule has 1 heterocycles. The summed E-state index contributed by atoms with van der Waals surface area (Å²) in [7, 11) is 1.03. The maximum atomic E-state index is 13.1. The second-order valence-electron chi connectivity index (χ2n) is 7.77. The summed E-state index contributed by atoms with van der Waals surface area (Å²) in [6.07, 6.45) is 0.856. The molecule has 1 amide bonds. The van der Waals surface area contributed by atoms with E-state index in [-0.39, 0.29) is 37.2 Å². The van der Waals surface area contributed by atoms with Gasteiger partial charge in [0.1, 0.15) is 5.82 Å². The van der Waals surface area contributed by atoms with Gasteiger partial charge in [-0.1, -0.05) is 12.1 Å². The van der Waals surface area contributed by atoms with E-state index >= 15 is 0 Å². The monoisotopic (exact) mass is 480 g/mol. The van der Waals surface area contributed by atoms with Crippen LogP contribution in [-0.4, -0.2) is 53.0 Å². The maximum Gasteiger partial charge on any atom is 0.223 e. The molecule has 1 aliphatic heterocycles. The van der Waals surface area contributed by atoms with Crippen LogP contribution >= 0.6 is 0 Å². The lowest BCUT2D eigenvalue weighted by molar-refractivity contribution is -0.126. The highest BCUT2D eigenvalue weighted by Crippen LogP contribution is 2.39. The van der Waals surface area contributed by atoms with Crippen molar-refractivity contribution in [2.45, 2.75) is 25.1 Å². The third-order valence-corrected chi connectivity index (χ3v) is 7.57. The van der Waals surface area contributed by atoms with Gasteiger partial charge < -0.3 is 19.5 Å². The third-order valence-electron chi connectivity index (χ3n) is 5.72. The van der Waals surface area contributed by atoms with Crippen LogP contribution in [0.1, 0.15) is 24.0 Å². The van der Waals surface area contributed by atoms with Crippen molar-refractivity contribution in [3.8, 4) is 17.2 Å². The number of carbonyl (C=O) groups is 1. The quantitative estimate of drug-likeness (QED) is 0.593. The van der Waals surface area contributed by atoms with Crippen molar-refractivity contribution in [2.24, 2.45) is 5.92 Å². The fraction of sp³-hybridized carbons (Fsp3) is 0.435. The largest absolute Gasteiger partial charge is 0.493 e. The van der Waals surface area contributed by atoms with Crippen molar-refractivity contribution in [1.29, 1.82) is 0 Å². The van der Waals surface area contributed by atoms with E-state index in [1.165, 1.54) is 49.9 Å². The van der Waals surface area contributed by atoms with Gasteiger partial charge in [0.2, 0.25) is 21.7 Å². The lowest BCUT2D eigenvalue weighted by Gasteiger charge is -2.30. The third kappa shape index (κ3) is 5.94. The Hall–Kier alpha value is -2.85. The highest BCUT2D eigenvalue weighted by atomic mass is 32.2. The van der Waals surface area contributed by atoms with Crippen molar-refractivity contribution >= 4 is 15.9 Å². The standard InChI is InChI=1S/C23H29FN2O6S/c1-30-20-9-6-18(21(31-2)22(20)32-3)14-25-23(27)17-10-12-26(13-11-17)33(28,29)15-16-4-7-19(24)8-5-16/h4-9,17H,10-15H2,1-3H3,(H,25,27). The Morgan fingerprint density at radius 1 is 1.00 bits per heavy atom. The van der Waals surface area contributed by atoms with Gasteiger partial charge in [0.25, 0.3) is 0 Å². The predicted molar refractivity (Wildman–Crippen MR) is 121 cm³/mol. The fourth-order valence-corrected chi connectivity index (χ4v) is 5.47. The average molecular weight is 481 g/mol. The predicted octanol–water partition coefficient (Wildman–Crippen LogP) is 2.71. The Bertz CT molecular complexity index is 1070. The first kappa shape index (κ1) is 24.8. The first-order valence-corrected chi connectivity index (χ1v) is 12.2. The van der Waals surface area contributed by atoms with Crippen LogP contribution in [0.25, 0.3) is 0 Å². The molecule has 0 saturated carbocycles. The summed E-state index contributed by atoms with van der Waals surface area (Å²) < 4.78 is 56.0. The number of carbonyl (C=O) groups excluding carboxylic acids is 1. The number of methoxy groups -OCH3 is 3. The lowest BCUT2D eigenvalue weighted by atomic mass is 9.97. The molecular weight excluding hydrogens is 451 g/mol.